The van der Waals surface area contributed by atoms with Crippen molar-refractivity contribution in [3.05, 3.63) is 41.5 Å². The molecule has 0 amide bonds. The molecule has 0 spiro atoms. The molecule has 0 radical (unpaired) electrons. The number of hydrogen-bond acceptors (Lipinski definition) is 3. The molecule has 0 aliphatic carbocycles. The van der Waals surface area contributed by atoms with Crippen LogP contribution in [-0.2, 0) is 9.53 Å². The summed E-state index contributed by atoms with van der Waals surface area (Å²) in [6.07, 6.45) is 3.05. The lowest BCUT2D eigenvalue weighted by Crippen LogP contribution is -2.22. The molecule has 0 saturated heterocycles. The second kappa shape index (κ2) is 5.63. The maximum Gasteiger partial charge on any atom is 0.331 e. The standard InChI is InChI=1S/C15H18O3/c1-11(16)13-8-5-12(6-9-13)7-10-14(17)18-15(2,3)4/h5-10H,1-4H3/b10-7+. The van der Waals surface area contributed by atoms with Gasteiger partial charge in [0.2, 0.25) is 0 Å². The zero-order valence-electron chi connectivity index (χ0n) is 11.2. The minimum atomic E-state index is -0.486. The lowest BCUT2D eigenvalue weighted by atomic mass is 10.1. The summed E-state index contributed by atoms with van der Waals surface area (Å²) in [5, 5.41) is 0. The van der Waals surface area contributed by atoms with E-state index in [0.717, 1.165) is 5.56 Å². The molecule has 0 heterocycles. The Morgan fingerprint density at radius 2 is 1.67 bits per heavy atom. The van der Waals surface area contributed by atoms with Crippen LogP contribution in [0.2, 0.25) is 0 Å². The number of rotatable bonds is 3. The van der Waals surface area contributed by atoms with Crippen LogP contribution < -0.4 is 0 Å². The van der Waals surface area contributed by atoms with E-state index in [1.165, 1.54) is 13.0 Å². The van der Waals surface area contributed by atoms with Gasteiger partial charge in [-0.25, -0.2) is 4.79 Å². The lowest BCUT2D eigenvalue weighted by Gasteiger charge is -2.17. The van der Waals surface area contributed by atoms with Crippen molar-refractivity contribution >= 4 is 17.8 Å². The van der Waals surface area contributed by atoms with Gasteiger partial charge in [-0.15, -0.1) is 0 Å². The van der Waals surface area contributed by atoms with E-state index in [1.807, 2.05) is 20.8 Å². The van der Waals surface area contributed by atoms with Gasteiger partial charge in [0.1, 0.15) is 5.60 Å². The van der Waals surface area contributed by atoms with Gasteiger partial charge < -0.3 is 4.74 Å². The van der Waals surface area contributed by atoms with E-state index < -0.39 is 5.60 Å². The third-order valence-corrected chi connectivity index (χ3v) is 2.14. The van der Waals surface area contributed by atoms with Crippen LogP contribution in [-0.4, -0.2) is 17.4 Å². The predicted molar refractivity (Wildman–Crippen MR) is 71.3 cm³/mol. The van der Waals surface area contributed by atoms with E-state index >= 15 is 0 Å². The van der Waals surface area contributed by atoms with Crippen molar-refractivity contribution in [3.8, 4) is 0 Å². The number of benzene rings is 1. The average Bonchev–Trinajstić information content (AvgIpc) is 2.24. The first-order valence-corrected chi connectivity index (χ1v) is 5.80. The van der Waals surface area contributed by atoms with Crippen LogP contribution in [0, 0.1) is 0 Å². The van der Waals surface area contributed by atoms with Crippen molar-refractivity contribution in [1.29, 1.82) is 0 Å². The van der Waals surface area contributed by atoms with Crippen LogP contribution in [0.15, 0.2) is 30.3 Å². The van der Waals surface area contributed by atoms with Crippen molar-refractivity contribution in [2.75, 3.05) is 0 Å². The molecule has 1 aromatic rings. The molecule has 0 fully saturated rings. The summed E-state index contributed by atoms with van der Waals surface area (Å²) < 4.78 is 5.14. The monoisotopic (exact) mass is 246 g/mol. The van der Waals surface area contributed by atoms with Crippen LogP contribution in [0.5, 0.6) is 0 Å². The Morgan fingerprint density at radius 3 is 2.11 bits per heavy atom. The van der Waals surface area contributed by atoms with E-state index in [-0.39, 0.29) is 11.8 Å². The molecule has 96 valence electrons. The van der Waals surface area contributed by atoms with E-state index in [4.69, 9.17) is 4.74 Å². The fourth-order valence-electron chi connectivity index (χ4n) is 1.33. The Kier molecular flexibility index (Phi) is 4.43. The van der Waals surface area contributed by atoms with Crippen LogP contribution in [0.3, 0.4) is 0 Å². The highest BCUT2D eigenvalue weighted by Crippen LogP contribution is 2.10. The Balaban J connectivity index is 2.67. The van der Waals surface area contributed by atoms with Crippen LogP contribution in [0.25, 0.3) is 6.08 Å². The van der Waals surface area contributed by atoms with E-state index in [9.17, 15) is 9.59 Å². The highest BCUT2D eigenvalue weighted by atomic mass is 16.6. The molecule has 0 aromatic heterocycles. The minimum absolute atomic E-state index is 0.0256. The first-order chi connectivity index (χ1) is 8.28. The van der Waals surface area contributed by atoms with Crippen molar-refractivity contribution in [1.82, 2.24) is 0 Å². The molecule has 1 aromatic carbocycles. The topological polar surface area (TPSA) is 43.4 Å². The van der Waals surface area contributed by atoms with Crippen molar-refractivity contribution < 1.29 is 14.3 Å². The number of carbonyl (C=O) groups excluding carboxylic acids is 2. The van der Waals surface area contributed by atoms with Crippen LogP contribution in [0.4, 0.5) is 0 Å². The second-order valence-corrected chi connectivity index (χ2v) is 5.04. The highest BCUT2D eigenvalue weighted by Gasteiger charge is 2.13. The van der Waals surface area contributed by atoms with Gasteiger partial charge in [-0.05, 0) is 39.3 Å². The number of esters is 1. The van der Waals surface area contributed by atoms with Crippen molar-refractivity contribution in [2.45, 2.75) is 33.3 Å². The summed E-state index contributed by atoms with van der Waals surface area (Å²) in [5.41, 5.74) is 1.02. The quantitative estimate of drug-likeness (QED) is 0.467. The number of ketones is 1. The van der Waals surface area contributed by atoms with Gasteiger partial charge in [0, 0.05) is 11.6 Å². The van der Waals surface area contributed by atoms with Crippen LogP contribution in [0.1, 0.15) is 43.6 Å². The van der Waals surface area contributed by atoms with E-state index in [0.29, 0.717) is 5.56 Å². The van der Waals surface area contributed by atoms with Gasteiger partial charge in [0.15, 0.2) is 5.78 Å². The lowest BCUT2D eigenvalue weighted by molar-refractivity contribution is -0.148. The van der Waals surface area contributed by atoms with Crippen molar-refractivity contribution in [2.24, 2.45) is 0 Å². The summed E-state index contributed by atoms with van der Waals surface area (Å²) in [6, 6.07) is 7.05. The Bertz CT molecular complexity index is 462. The summed E-state index contributed by atoms with van der Waals surface area (Å²) in [4.78, 5) is 22.5. The maximum absolute atomic E-state index is 11.4. The Morgan fingerprint density at radius 1 is 1.11 bits per heavy atom. The molecule has 0 unspecified atom stereocenters. The summed E-state index contributed by atoms with van der Waals surface area (Å²) in [7, 11) is 0. The molecule has 0 saturated carbocycles. The summed E-state index contributed by atoms with van der Waals surface area (Å²) in [6.45, 7) is 6.98. The van der Waals surface area contributed by atoms with Gasteiger partial charge in [-0.2, -0.15) is 0 Å². The molecule has 0 aliphatic rings. The molecule has 1 rings (SSSR count). The number of Topliss-reactive ketones (excluding diaryl/α,β-unsaturated/α-hetero) is 1. The molecule has 0 N–H and O–H groups in total. The number of ether oxygens (including phenoxy) is 1. The molecule has 0 atom stereocenters. The maximum atomic E-state index is 11.4. The number of carbonyl (C=O) groups is 2. The molecule has 0 bridgehead atoms. The largest absolute Gasteiger partial charge is 0.457 e. The third kappa shape index (κ3) is 4.95. The molecule has 18 heavy (non-hydrogen) atoms. The Hall–Kier alpha value is -1.90. The SMILES string of the molecule is CC(=O)c1ccc(/C=C/C(=O)OC(C)(C)C)cc1. The van der Waals surface area contributed by atoms with Gasteiger partial charge in [-0.1, -0.05) is 24.3 Å². The fourth-order valence-corrected chi connectivity index (χ4v) is 1.33. The highest BCUT2D eigenvalue weighted by molar-refractivity contribution is 5.94. The fraction of sp³-hybridized carbons (Fsp3) is 0.333. The zero-order chi connectivity index (χ0) is 13.8. The number of hydrogen-bond donors (Lipinski definition) is 0. The molecule has 3 heteroatoms. The zero-order valence-corrected chi connectivity index (χ0v) is 11.2. The molecule has 0 aliphatic heterocycles. The molecular weight excluding hydrogens is 228 g/mol. The van der Waals surface area contributed by atoms with E-state index in [1.54, 1.807) is 30.3 Å². The van der Waals surface area contributed by atoms with Gasteiger partial charge in [0.05, 0.1) is 0 Å². The minimum Gasteiger partial charge on any atom is -0.457 e. The first-order valence-electron chi connectivity index (χ1n) is 5.80. The average molecular weight is 246 g/mol. The first kappa shape index (κ1) is 14.2. The summed E-state index contributed by atoms with van der Waals surface area (Å²) in [5.74, 6) is -0.351. The Labute approximate surface area is 107 Å². The van der Waals surface area contributed by atoms with E-state index in [2.05, 4.69) is 0 Å². The van der Waals surface area contributed by atoms with Gasteiger partial charge >= 0.3 is 5.97 Å². The molecule has 3 nitrogen and oxygen atoms in total. The normalized spacial score (nSPS) is 11.6. The van der Waals surface area contributed by atoms with Gasteiger partial charge in [-0.3, -0.25) is 4.79 Å². The third-order valence-electron chi connectivity index (χ3n) is 2.14. The van der Waals surface area contributed by atoms with Crippen LogP contribution >= 0.6 is 0 Å². The summed E-state index contributed by atoms with van der Waals surface area (Å²) >= 11 is 0. The molecular formula is C15H18O3. The predicted octanol–water partition coefficient (Wildman–Crippen LogP) is 3.24. The van der Waals surface area contributed by atoms with Crippen molar-refractivity contribution in [3.63, 3.8) is 0 Å². The smallest absolute Gasteiger partial charge is 0.331 e. The second-order valence-electron chi connectivity index (χ2n) is 5.04. The van der Waals surface area contributed by atoms with Gasteiger partial charge in [0.25, 0.3) is 0 Å².